The monoisotopic (exact) mass is 291 g/mol. The molecular formula is C12H23N2O6+. The molecule has 0 amide bonds. The summed E-state index contributed by atoms with van der Waals surface area (Å²) in [6.07, 6.45) is 0. The minimum absolute atomic E-state index is 0.0544. The van der Waals surface area contributed by atoms with Crippen LogP contribution < -0.4 is 0 Å². The van der Waals surface area contributed by atoms with Crippen LogP contribution in [-0.2, 0) is 19.1 Å². The fourth-order valence-electron chi connectivity index (χ4n) is 2.34. The Morgan fingerprint density at radius 2 is 1.60 bits per heavy atom. The zero-order valence-electron chi connectivity index (χ0n) is 11.8. The van der Waals surface area contributed by atoms with Crippen LogP contribution >= 0.6 is 0 Å². The third kappa shape index (κ3) is 6.29. The van der Waals surface area contributed by atoms with Gasteiger partial charge < -0.3 is 19.7 Å². The van der Waals surface area contributed by atoms with Gasteiger partial charge in [-0.05, 0) is 7.05 Å². The van der Waals surface area contributed by atoms with Crippen molar-refractivity contribution in [3.05, 3.63) is 0 Å². The van der Waals surface area contributed by atoms with E-state index >= 15 is 0 Å². The van der Waals surface area contributed by atoms with E-state index in [1.807, 2.05) is 11.9 Å². The lowest BCUT2D eigenvalue weighted by molar-refractivity contribution is -0.924. The summed E-state index contributed by atoms with van der Waals surface area (Å²) in [4.78, 5) is 24.1. The second-order valence-electron chi connectivity index (χ2n) is 5.11. The topological polar surface area (TPSA) is 96.3 Å². The van der Waals surface area contributed by atoms with Crippen molar-refractivity contribution in [3.8, 4) is 0 Å². The molecule has 1 rings (SSSR count). The van der Waals surface area contributed by atoms with Crippen LogP contribution in [0.1, 0.15) is 0 Å². The summed E-state index contributed by atoms with van der Waals surface area (Å²) in [5.74, 6) is -2.02. The van der Waals surface area contributed by atoms with Crippen molar-refractivity contribution < 1.29 is 33.8 Å². The Hall–Kier alpha value is -1.22. The minimum atomic E-state index is -1.01. The lowest BCUT2D eigenvalue weighted by Crippen LogP contribution is -2.59. The molecule has 2 N–H and O–H groups in total. The van der Waals surface area contributed by atoms with Gasteiger partial charge in [0.25, 0.3) is 0 Å². The van der Waals surface area contributed by atoms with Crippen molar-refractivity contribution >= 4 is 11.9 Å². The average molecular weight is 291 g/mol. The molecule has 0 spiro atoms. The molecule has 1 aliphatic heterocycles. The summed E-state index contributed by atoms with van der Waals surface area (Å²) in [6, 6.07) is 0. The zero-order valence-corrected chi connectivity index (χ0v) is 11.8. The van der Waals surface area contributed by atoms with Crippen LogP contribution in [-0.4, -0.2) is 97.9 Å². The maximum Gasteiger partial charge on any atom is 0.359 e. The normalized spacial score (nSPS) is 21.9. The molecule has 116 valence electrons. The Balaban J connectivity index is 2.84. The summed E-state index contributed by atoms with van der Waals surface area (Å²) >= 11 is 0. The fraction of sp³-hybridized carbons (Fsp3) is 0.833. The second-order valence-corrected chi connectivity index (χ2v) is 5.11. The molecule has 0 aromatic carbocycles. The molecule has 0 bridgehead atoms. The van der Waals surface area contributed by atoms with Gasteiger partial charge in [0.2, 0.25) is 0 Å². The van der Waals surface area contributed by atoms with E-state index in [-0.39, 0.29) is 17.6 Å². The first-order valence-electron chi connectivity index (χ1n) is 6.56. The second kappa shape index (κ2) is 8.15. The highest BCUT2D eigenvalue weighted by Crippen LogP contribution is 2.09. The van der Waals surface area contributed by atoms with Crippen LogP contribution in [0, 0.1) is 0 Å². The standard InChI is InChI=1S/C12H22N2O6/c1-13-2-4-19-6-7-20-5-3-14(10-13,8-11(15)16)9-12(17)18/h2-10H2,1H3,(H-,15,16,17,18)/p+1. The summed E-state index contributed by atoms with van der Waals surface area (Å²) in [5, 5.41) is 18.2. The van der Waals surface area contributed by atoms with Crippen LogP contribution in [0.25, 0.3) is 0 Å². The number of carboxylic acid groups (broad SMARTS) is 2. The predicted octanol–water partition coefficient (Wildman–Crippen LogP) is -1.09. The van der Waals surface area contributed by atoms with Crippen molar-refractivity contribution in [2.75, 3.05) is 66.3 Å². The highest BCUT2D eigenvalue weighted by atomic mass is 16.5. The van der Waals surface area contributed by atoms with Crippen LogP contribution in [0.4, 0.5) is 0 Å². The average Bonchev–Trinajstić information content (AvgIpc) is 2.33. The van der Waals surface area contributed by atoms with E-state index in [9.17, 15) is 9.59 Å². The molecule has 0 aromatic rings. The van der Waals surface area contributed by atoms with Crippen molar-refractivity contribution in [1.82, 2.24) is 4.90 Å². The summed E-state index contributed by atoms with van der Waals surface area (Å²) in [7, 11) is 1.83. The number of aliphatic carboxylic acids is 2. The highest BCUT2D eigenvalue weighted by Gasteiger charge is 2.34. The Morgan fingerprint density at radius 3 is 2.15 bits per heavy atom. The largest absolute Gasteiger partial charge is 0.477 e. The van der Waals surface area contributed by atoms with Crippen molar-refractivity contribution in [2.45, 2.75) is 0 Å². The predicted molar refractivity (Wildman–Crippen MR) is 69.3 cm³/mol. The first kappa shape index (κ1) is 16.8. The van der Waals surface area contributed by atoms with Gasteiger partial charge in [-0.3, -0.25) is 9.38 Å². The number of likely N-dealkylation sites (N-methyl/N-ethyl adjacent to an activating group) is 1. The molecule has 20 heavy (non-hydrogen) atoms. The smallest absolute Gasteiger partial charge is 0.359 e. The van der Waals surface area contributed by atoms with Gasteiger partial charge in [-0.15, -0.1) is 0 Å². The quantitative estimate of drug-likeness (QED) is 0.635. The first-order chi connectivity index (χ1) is 9.43. The third-order valence-corrected chi connectivity index (χ3v) is 3.18. The van der Waals surface area contributed by atoms with Crippen LogP contribution in [0.2, 0.25) is 0 Å². The SMILES string of the molecule is CN1CCOCCOCC[N+](CC(=O)O)(CC(=O)O)C1. The van der Waals surface area contributed by atoms with Gasteiger partial charge in [-0.25, -0.2) is 9.59 Å². The van der Waals surface area contributed by atoms with E-state index in [0.717, 1.165) is 0 Å². The number of nitrogens with zero attached hydrogens (tertiary/aromatic N) is 2. The molecular weight excluding hydrogens is 268 g/mol. The Kier molecular flexibility index (Phi) is 6.86. The number of hydrogen-bond donors (Lipinski definition) is 2. The first-order valence-corrected chi connectivity index (χ1v) is 6.56. The summed E-state index contributed by atoms with van der Waals surface area (Å²) in [5.41, 5.74) is 0. The van der Waals surface area contributed by atoms with Gasteiger partial charge in [0.1, 0.15) is 13.2 Å². The molecule has 0 radical (unpaired) electrons. The number of quaternary nitrogens is 1. The van der Waals surface area contributed by atoms with Gasteiger partial charge in [0.05, 0.1) is 26.4 Å². The van der Waals surface area contributed by atoms with E-state index in [2.05, 4.69) is 0 Å². The van der Waals surface area contributed by atoms with E-state index in [1.54, 1.807) is 0 Å². The lowest BCUT2D eigenvalue weighted by Gasteiger charge is -2.38. The van der Waals surface area contributed by atoms with Gasteiger partial charge >= 0.3 is 11.9 Å². The molecule has 1 fully saturated rings. The molecule has 8 nitrogen and oxygen atoms in total. The lowest BCUT2D eigenvalue weighted by atomic mass is 10.3. The highest BCUT2D eigenvalue weighted by molar-refractivity contribution is 5.70. The van der Waals surface area contributed by atoms with E-state index < -0.39 is 11.9 Å². The van der Waals surface area contributed by atoms with Gasteiger partial charge in [0, 0.05) is 6.54 Å². The summed E-state index contributed by atoms with van der Waals surface area (Å²) in [6.45, 7) is 2.60. The summed E-state index contributed by atoms with van der Waals surface area (Å²) < 4.78 is 10.7. The van der Waals surface area contributed by atoms with Gasteiger partial charge in [-0.2, -0.15) is 0 Å². The molecule has 8 heteroatoms. The third-order valence-electron chi connectivity index (χ3n) is 3.18. The maximum absolute atomic E-state index is 11.1. The number of rotatable bonds is 4. The van der Waals surface area contributed by atoms with E-state index in [1.165, 1.54) is 0 Å². The molecule has 0 saturated carbocycles. The minimum Gasteiger partial charge on any atom is -0.477 e. The molecule has 1 heterocycles. The van der Waals surface area contributed by atoms with E-state index in [4.69, 9.17) is 19.7 Å². The van der Waals surface area contributed by atoms with Gasteiger partial charge in [0.15, 0.2) is 13.1 Å². The number of hydrogen-bond acceptors (Lipinski definition) is 5. The Labute approximate surface area is 118 Å². The Morgan fingerprint density at radius 1 is 1.05 bits per heavy atom. The maximum atomic E-state index is 11.1. The van der Waals surface area contributed by atoms with E-state index in [0.29, 0.717) is 46.2 Å². The number of ether oxygens (including phenoxy) is 2. The molecule has 1 saturated heterocycles. The van der Waals surface area contributed by atoms with Crippen molar-refractivity contribution in [2.24, 2.45) is 0 Å². The molecule has 0 aromatic heterocycles. The van der Waals surface area contributed by atoms with Crippen LogP contribution in [0.15, 0.2) is 0 Å². The Bertz CT molecular complexity index is 320. The molecule has 0 unspecified atom stereocenters. The van der Waals surface area contributed by atoms with Crippen molar-refractivity contribution in [1.29, 1.82) is 0 Å². The molecule has 1 aliphatic rings. The number of carbonyl (C=O) groups is 2. The molecule has 0 atom stereocenters. The molecule has 0 aliphatic carbocycles. The van der Waals surface area contributed by atoms with Crippen LogP contribution in [0.3, 0.4) is 0 Å². The van der Waals surface area contributed by atoms with Crippen LogP contribution in [0.5, 0.6) is 0 Å². The van der Waals surface area contributed by atoms with Gasteiger partial charge in [-0.1, -0.05) is 0 Å². The van der Waals surface area contributed by atoms with Crippen molar-refractivity contribution in [3.63, 3.8) is 0 Å². The number of carboxylic acids is 2. The fourth-order valence-corrected chi connectivity index (χ4v) is 2.34. The zero-order chi connectivity index (χ0) is 15.0.